The number of rotatable bonds is 4. The number of benzene rings is 2. The van der Waals surface area contributed by atoms with Gasteiger partial charge in [0.2, 0.25) is 0 Å². The van der Waals surface area contributed by atoms with Crippen LogP contribution in [0.15, 0.2) is 67.0 Å². The first-order chi connectivity index (χ1) is 11.2. The summed E-state index contributed by atoms with van der Waals surface area (Å²) in [5.41, 5.74) is 4.35. The number of aromatic nitrogens is 2. The minimum atomic E-state index is 0.577. The van der Waals surface area contributed by atoms with Gasteiger partial charge in [0.1, 0.15) is 0 Å². The Morgan fingerprint density at radius 3 is 2.17 bits per heavy atom. The third kappa shape index (κ3) is 4.40. The molecule has 0 aliphatic rings. The number of aryl methyl sites for hydroxylation is 1. The van der Waals surface area contributed by atoms with E-state index in [1.165, 1.54) is 11.1 Å². The highest BCUT2D eigenvalue weighted by Crippen LogP contribution is 2.13. The van der Waals surface area contributed by atoms with Crippen molar-refractivity contribution in [3.63, 3.8) is 0 Å². The van der Waals surface area contributed by atoms with Crippen molar-refractivity contribution in [3.8, 4) is 0 Å². The summed E-state index contributed by atoms with van der Waals surface area (Å²) in [6, 6.07) is 18.2. The third-order valence-electron chi connectivity index (χ3n) is 3.43. The Hall–Kier alpha value is -2.66. The van der Waals surface area contributed by atoms with Crippen LogP contribution < -0.4 is 10.6 Å². The molecule has 0 amide bonds. The molecule has 1 heterocycles. The predicted molar refractivity (Wildman–Crippen MR) is 98.8 cm³/mol. The monoisotopic (exact) mass is 322 g/mol. The summed E-state index contributed by atoms with van der Waals surface area (Å²) < 4.78 is 1.89. The highest BCUT2D eigenvalue weighted by Gasteiger charge is 2.00. The van der Waals surface area contributed by atoms with Gasteiger partial charge in [-0.3, -0.25) is 4.68 Å². The van der Waals surface area contributed by atoms with E-state index in [0.717, 1.165) is 17.9 Å². The second kappa shape index (κ2) is 7.07. The van der Waals surface area contributed by atoms with Crippen LogP contribution >= 0.6 is 12.2 Å². The van der Waals surface area contributed by atoms with Crippen molar-refractivity contribution in [2.75, 3.05) is 10.6 Å². The number of thiocarbonyl (C=S) groups is 1. The van der Waals surface area contributed by atoms with Crippen molar-refractivity contribution in [2.45, 2.75) is 13.5 Å². The van der Waals surface area contributed by atoms with Crippen LogP contribution in [0.1, 0.15) is 11.1 Å². The number of anilines is 2. The SMILES string of the molecule is Cc1ccc(NC(=S)Nc2ccc(Cn3cccn3)cc2)cc1. The molecular formula is C18H18N4S. The zero-order valence-electron chi connectivity index (χ0n) is 12.9. The van der Waals surface area contributed by atoms with Crippen LogP contribution in [-0.4, -0.2) is 14.9 Å². The average Bonchev–Trinajstić information content (AvgIpc) is 3.04. The lowest BCUT2D eigenvalue weighted by molar-refractivity contribution is 0.687. The molecule has 0 unspecified atom stereocenters. The molecule has 3 aromatic rings. The first kappa shape index (κ1) is 15.2. The minimum Gasteiger partial charge on any atom is -0.332 e. The predicted octanol–water partition coefficient (Wildman–Crippen LogP) is 4.05. The summed E-state index contributed by atoms with van der Waals surface area (Å²) in [5, 5.41) is 11.1. The highest BCUT2D eigenvalue weighted by atomic mass is 32.1. The normalized spacial score (nSPS) is 10.3. The van der Waals surface area contributed by atoms with Crippen LogP contribution in [0.5, 0.6) is 0 Å². The maximum atomic E-state index is 5.34. The maximum Gasteiger partial charge on any atom is 0.175 e. The van der Waals surface area contributed by atoms with Gasteiger partial charge in [-0.05, 0) is 55.0 Å². The van der Waals surface area contributed by atoms with E-state index in [4.69, 9.17) is 12.2 Å². The van der Waals surface area contributed by atoms with Crippen LogP contribution in [0.3, 0.4) is 0 Å². The van der Waals surface area contributed by atoms with Crippen LogP contribution in [0.2, 0.25) is 0 Å². The van der Waals surface area contributed by atoms with E-state index in [-0.39, 0.29) is 0 Å². The topological polar surface area (TPSA) is 41.9 Å². The number of nitrogens with one attached hydrogen (secondary N) is 2. The van der Waals surface area contributed by atoms with Gasteiger partial charge in [-0.2, -0.15) is 5.10 Å². The number of hydrogen-bond donors (Lipinski definition) is 2. The van der Waals surface area contributed by atoms with E-state index in [1.54, 1.807) is 6.20 Å². The Morgan fingerprint density at radius 2 is 1.61 bits per heavy atom. The van der Waals surface area contributed by atoms with Crippen molar-refractivity contribution in [2.24, 2.45) is 0 Å². The second-order valence-corrected chi connectivity index (χ2v) is 5.75. The molecule has 0 saturated heterocycles. The Kier molecular flexibility index (Phi) is 4.68. The van der Waals surface area contributed by atoms with Gasteiger partial charge in [-0.25, -0.2) is 0 Å². The van der Waals surface area contributed by atoms with Gasteiger partial charge in [0.15, 0.2) is 5.11 Å². The lowest BCUT2D eigenvalue weighted by Gasteiger charge is -2.11. The molecule has 0 radical (unpaired) electrons. The highest BCUT2D eigenvalue weighted by molar-refractivity contribution is 7.80. The molecule has 4 nitrogen and oxygen atoms in total. The van der Waals surface area contributed by atoms with Crippen LogP contribution in [0.25, 0.3) is 0 Å². The summed E-state index contributed by atoms with van der Waals surface area (Å²) in [6.07, 6.45) is 3.73. The fraction of sp³-hybridized carbons (Fsp3) is 0.111. The van der Waals surface area contributed by atoms with Gasteiger partial charge >= 0.3 is 0 Å². The molecule has 0 aliphatic heterocycles. The smallest absolute Gasteiger partial charge is 0.175 e. The number of hydrogen-bond acceptors (Lipinski definition) is 2. The average molecular weight is 322 g/mol. The Bertz CT molecular complexity index is 762. The molecular weight excluding hydrogens is 304 g/mol. The largest absolute Gasteiger partial charge is 0.332 e. The van der Waals surface area contributed by atoms with E-state index < -0.39 is 0 Å². The molecule has 0 aliphatic carbocycles. The molecule has 1 aromatic heterocycles. The summed E-state index contributed by atoms with van der Waals surface area (Å²) in [4.78, 5) is 0. The van der Waals surface area contributed by atoms with E-state index in [9.17, 15) is 0 Å². The van der Waals surface area contributed by atoms with Crippen molar-refractivity contribution >= 4 is 28.7 Å². The summed E-state index contributed by atoms with van der Waals surface area (Å²) >= 11 is 5.34. The summed E-state index contributed by atoms with van der Waals surface area (Å²) in [6.45, 7) is 2.82. The quantitative estimate of drug-likeness (QED) is 0.711. The van der Waals surface area contributed by atoms with Crippen LogP contribution in [0, 0.1) is 6.92 Å². The van der Waals surface area contributed by atoms with E-state index in [0.29, 0.717) is 5.11 Å². The molecule has 0 saturated carbocycles. The molecule has 0 spiro atoms. The number of nitrogens with zero attached hydrogens (tertiary/aromatic N) is 2. The Morgan fingerprint density at radius 1 is 1.00 bits per heavy atom. The third-order valence-corrected chi connectivity index (χ3v) is 3.63. The van der Waals surface area contributed by atoms with E-state index >= 15 is 0 Å². The summed E-state index contributed by atoms with van der Waals surface area (Å²) in [7, 11) is 0. The van der Waals surface area contributed by atoms with Crippen molar-refractivity contribution in [1.29, 1.82) is 0 Å². The van der Waals surface area contributed by atoms with Gasteiger partial charge < -0.3 is 10.6 Å². The van der Waals surface area contributed by atoms with Crippen molar-refractivity contribution in [3.05, 3.63) is 78.1 Å². The molecule has 0 fully saturated rings. The van der Waals surface area contributed by atoms with Gasteiger partial charge in [-0.15, -0.1) is 0 Å². The first-order valence-electron chi connectivity index (χ1n) is 7.40. The lowest BCUT2D eigenvalue weighted by Crippen LogP contribution is -2.19. The second-order valence-electron chi connectivity index (χ2n) is 5.35. The van der Waals surface area contributed by atoms with Gasteiger partial charge in [0.25, 0.3) is 0 Å². The van der Waals surface area contributed by atoms with E-state index in [1.807, 2.05) is 41.2 Å². The Balaban J connectivity index is 1.57. The molecule has 2 aromatic carbocycles. The standard InChI is InChI=1S/C18H18N4S/c1-14-3-7-16(8-4-14)20-18(23)21-17-9-5-15(6-10-17)13-22-12-2-11-19-22/h2-12H,13H2,1H3,(H2,20,21,23). The zero-order valence-corrected chi connectivity index (χ0v) is 13.7. The Labute approximate surface area is 141 Å². The first-order valence-corrected chi connectivity index (χ1v) is 7.81. The molecule has 0 bridgehead atoms. The van der Waals surface area contributed by atoms with Crippen LogP contribution in [0.4, 0.5) is 11.4 Å². The lowest BCUT2D eigenvalue weighted by atomic mass is 10.2. The maximum absolute atomic E-state index is 5.34. The molecule has 3 rings (SSSR count). The molecule has 23 heavy (non-hydrogen) atoms. The zero-order chi connectivity index (χ0) is 16.1. The van der Waals surface area contributed by atoms with Crippen molar-refractivity contribution < 1.29 is 0 Å². The van der Waals surface area contributed by atoms with Crippen LogP contribution in [-0.2, 0) is 6.54 Å². The van der Waals surface area contributed by atoms with Gasteiger partial charge in [0, 0.05) is 23.8 Å². The molecule has 5 heteroatoms. The molecule has 2 N–H and O–H groups in total. The van der Waals surface area contributed by atoms with Gasteiger partial charge in [0.05, 0.1) is 6.54 Å². The minimum absolute atomic E-state index is 0.577. The fourth-order valence-corrected chi connectivity index (χ4v) is 2.44. The van der Waals surface area contributed by atoms with Gasteiger partial charge in [-0.1, -0.05) is 29.8 Å². The van der Waals surface area contributed by atoms with Crippen molar-refractivity contribution in [1.82, 2.24) is 9.78 Å². The molecule has 0 atom stereocenters. The fourth-order valence-electron chi connectivity index (χ4n) is 2.20. The van der Waals surface area contributed by atoms with E-state index in [2.05, 4.69) is 46.9 Å². The molecule has 116 valence electrons. The summed E-state index contributed by atoms with van der Waals surface area (Å²) in [5.74, 6) is 0.